The average molecular weight is 548 g/mol. The molecule has 0 aliphatic heterocycles. The Hall–Kier alpha value is -2.63. The van der Waals surface area contributed by atoms with Gasteiger partial charge in [-0.25, -0.2) is 0 Å². The lowest BCUT2D eigenvalue weighted by Gasteiger charge is -2.15. The third kappa shape index (κ3) is 8.95. The zero-order chi connectivity index (χ0) is 21.9. The summed E-state index contributed by atoms with van der Waals surface area (Å²) in [5.74, 6) is 0.869. The lowest BCUT2D eigenvalue weighted by Crippen LogP contribution is -2.41. The number of benzene rings is 2. The molecule has 1 amide bonds. The van der Waals surface area contributed by atoms with E-state index in [4.69, 9.17) is 4.74 Å². The van der Waals surface area contributed by atoms with E-state index in [1.807, 2.05) is 25.1 Å². The van der Waals surface area contributed by atoms with E-state index in [1.54, 1.807) is 25.2 Å². The Morgan fingerprint density at radius 3 is 2.48 bits per heavy atom. The number of guanidine groups is 1. The molecule has 0 saturated carbocycles. The van der Waals surface area contributed by atoms with E-state index >= 15 is 0 Å². The highest BCUT2D eigenvalue weighted by atomic mass is 127. The van der Waals surface area contributed by atoms with Crippen LogP contribution in [0, 0.1) is 6.92 Å². The van der Waals surface area contributed by atoms with Gasteiger partial charge >= 0.3 is 6.61 Å². The van der Waals surface area contributed by atoms with Crippen LogP contribution in [0.5, 0.6) is 11.5 Å². The molecule has 10 heteroatoms. The molecule has 31 heavy (non-hydrogen) atoms. The highest BCUT2D eigenvalue weighted by Gasteiger charge is 2.12. The maximum Gasteiger partial charge on any atom is 0.387 e. The van der Waals surface area contributed by atoms with Gasteiger partial charge in [0.15, 0.2) is 5.96 Å². The zero-order valence-corrected chi connectivity index (χ0v) is 19.9. The van der Waals surface area contributed by atoms with Gasteiger partial charge < -0.3 is 25.4 Å². The van der Waals surface area contributed by atoms with Crippen molar-refractivity contribution < 1.29 is 23.0 Å². The molecule has 0 aromatic heterocycles. The predicted octanol–water partition coefficient (Wildman–Crippen LogP) is 3.32. The number of nitrogens with zero attached hydrogens (tertiary/aromatic N) is 1. The van der Waals surface area contributed by atoms with Crippen molar-refractivity contribution in [1.82, 2.24) is 16.0 Å². The van der Waals surface area contributed by atoms with Gasteiger partial charge in [0.25, 0.3) is 5.91 Å². The van der Waals surface area contributed by atoms with Gasteiger partial charge in [0.05, 0.1) is 7.11 Å². The lowest BCUT2D eigenvalue weighted by atomic mass is 10.1. The smallest absolute Gasteiger partial charge is 0.387 e. The van der Waals surface area contributed by atoms with Crippen LogP contribution in [-0.2, 0) is 6.54 Å². The monoisotopic (exact) mass is 548 g/mol. The highest BCUT2D eigenvalue weighted by molar-refractivity contribution is 14.0. The van der Waals surface area contributed by atoms with Gasteiger partial charge in [-0.05, 0) is 37.3 Å². The minimum atomic E-state index is -2.92. The summed E-state index contributed by atoms with van der Waals surface area (Å²) in [6, 6.07) is 11.9. The first-order chi connectivity index (χ1) is 14.4. The molecule has 0 saturated heterocycles. The molecule has 0 aliphatic carbocycles. The fourth-order valence-corrected chi connectivity index (χ4v) is 2.68. The molecule has 0 radical (unpaired) electrons. The van der Waals surface area contributed by atoms with Crippen molar-refractivity contribution in [1.29, 1.82) is 0 Å². The normalized spacial score (nSPS) is 10.8. The van der Waals surface area contributed by atoms with E-state index in [0.29, 0.717) is 35.9 Å². The van der Waals surface area contributed by atoms with E-state index in [2.05, 4.69) is 25.7 Å². The highest BCUT2D eigenvalue weighted by Crippen LogP contribution is 2.25. The van der Waals surface area contributed by atoms with Gasteiger partial charge in [-0.2, -0.15) is 8.78 Å². The second-order valence-corrected chi connectivity index (χ2v) is 6.33. The Bertz CT molecular complexity index is 881. The number of carbonyl (C=O) groups excluding carboxylic acids is 1. The van der Waals surface area contributed by atoms with Crippen molar-refractivity contribution >= 4 is 35.8 Å². The molecule has 0 atom stereocenters. The third-order valence-corrected chi connectivity index (χ3v) is 4.14. The molecular weight excluding hydrogens is 521 g/mol. The molecule has 170 valence electrons. The first-order valence-corrected chi connectivity index (χ1v) is 9.34. The predicted molar refractivity (Wildman–Crippen MR) is 127 cm³/mol. The summed E-state index contributed by atoms with van der Waals surface area (Å²) in [6.07, 6.45) is 0. The SMILES string of the molecule is CN=C(NCCNC(=O)c1cccc(C)c1)NCc1cc(OC)ccc1OC(F)F.I. The molecule has 7 nitrogen and oxygen atoms in total. The van der Waals surface area contributed by atoms with Crippen molar-refractivity contribution in [2.45, 2.75) is 20.1 Å². The number of hydrogen-bond donors (Lipinski definition) is 3. The first-order valence-electron chi connectivity index (χ1n) is 9.34. The van der Waals surface area contributed by atoms with E-state index in [9.17, 15) is 13.6 Å². The van der Waals surface area contributed by atoms with Crippen molar-refractivity contribution in [3.8, 4) is 11.5 Å². The summed E-state index contributed by atoms with van der Waals surface area (Å²) in [4.78, 5) is 16.2. The van der Waals surface area contributed by atoms with Crippen LogP contribution in [0.2, 0.25) is 0 Å². The number of nitrogens with one attached hydrogen (secondary N) is 3. The van der Waals surface area contributed by atoms with Gasteiger partial charge in [0.2, 0.25) is 0 Å². The second kappa shape index (κ2) is 13.6. The molecule has 0 bridgehead atoms. The molecule has 0 unspecified atom stereocenters. The number of hydrogen-bond acceptors (Lipinski definition) is 4. The van der Waals surface area contributed by atoms with Crippen LogP contribution >= 0.6 is 24.0 Å². The minimum absolute atomic E-state index is 0. The summed E-state index contributed by atoms with van der Waals surface area (Å²) in [5, 5.41) is 8.90. The minimum Gasteiger partial charge on any atom is -0.497 e. The van der Waals surface area contributed by atoms with Crippen LogP contribution in [0.3, 0.4) is 0 Å². The summed E-state index contributed by atoms with van der Waals surface area (Å²) < 4.78 is 34.9. The Morgan fingerprint density at radius 2 is 1.84 bits per heavy atom. The van der Waals surface area contributed by atoms with Crippen molar-refractivity contribution in [3.05, 3.63) is 59.2 Å². The van der Waals surface area contributed by atoms with Gasteiger partial charge in [0.1, 0.15) is 11.5 Å². The van der Waals surface area contributed by atoms with Crippen molar-refractivity contribution in [2.75, 3.05) is 27.2 Å². The zero-order valence-electron chi connectivity index (χ0n) is 17.6. The fourth-order valence-electron chi connectivity index (χ4n) is 2.68. The maximum absolute atomic E-state index is 12.6. The molecule has 2 rings (SSSR count). The van der Waals surface area contributed by atoms with Gasteiger partial charge in [0, 0.05) is 37.8 Å². The number of aliphatic imine (C=N–C) groups is 1. The lowest BCUT2D eigenvalue weighted by molar-refractivity contribution is -0.0505. The summed E-state index contributed by atoms with van der Waals surface area (Å²) in [6.45, 7) is -0.00305. The first kappa shape index (κ1) is 26.4. The fraction of sp³-hybridized carbons (Fsp3) is 0.333. The Labute approximate surface area is 197 Å². The molecule has 0 aliphatic rings. The van der Waals surface area contributed by atoms with Crippen LogP contribution in [0.1, 0.15) is 21.5 Å². The van der Waals surface area contributed by atoms with Gasteiger partial charge in [-0.3, -0.25) is 9.79 Å². The van der Waals surface area contributed by atoms with E-state index < -0.39 is 6.61 Å². The molecule has 2 aromatic carbocycles. The van der Waals surface area contributed by atoms with Crippen LogP contribution in [0.25, 0.3) is 0 Å². The summed E-state index contributed by atoms with van der Waals surface area (Å²) >= 11 is 0. The largest absolute Gasteiger partial charge is 0.497 e. The second-order valence-electron chi connectivity index (χ2n) is 6.33. The molecule has 0 heterocycles. The van der Waals surface area contributed by atoms with Crippen molar-refractivity contribution in [3.63, 3.8) is 0 Å². The molecule has 0 spiro atoms. The summed E-state index contributed by atoms with van der Waals surface area (Å²) in [5.41, 5.74) is 2.10. The molecule has 3 N–H and O–H groups in total. The Morgan fingerprint density at radius 1 is 1.10 bits per heavy atom. The number of methoxy groups -OCH3 is 1. The third-order valence-electron chi connectivity index (χ3n) is 4.14. The average Bonchev–Trinajstić information content (AvgIpc) is 2.73. The number of alkyl halides is 2. The number of ether oxygens (including phenoxy) is 2. The summed E-state index contributed by atoms with van der Waals surface area (Å²) in [7, 11) is 3.08. The number of carbonyl (C=O) groups is 1. The van der Waals surface area contributed by atoms with Crippen molar-refractivity contribution in [2.24, 2.45) is 4.99 Å². The maximum atomic E-state index is 12.6. The molecule has 0 fully saturated rings. The van der Waals surface area contributed by atoms with Gasteiger partial charge in [-0.15, -0.1) is 24.0 Å². The van der Waals surface area contributed by atoms with Crippen LogP contribution < -0.4 is 25.4 Å². The number of rotatable bonds is 9. The Kier molecular flexibility index (Phi) is 11.6. The topological polar surface area (TPSA) is 84.0 Å². The van der Waals surface area contributed by atoms with E-state index in [0.717, 1.165) is 5.56 Å². The Balaban J connectivity index is 0.00000480. The molecule has 2 aromatic rings. The number of aryl methyl sites for hydroxylation is 1. The van der Waals surface area contributed by atoms with E-state index in [-0.39, 0.29) is 42.2 Å². The van der Waals surface area contributed by atoms with E-state index in [1.165, 1.54) is 13.2 Å². The number of amides is 1. The van der Waals surface area contributed by atoms with Crippen LogP contribution in [-0.4, -0.2) is 45.7 Å². The standard InChI is InChI=1S/C21H26F2N4O3.HI/c1-14-5-4-6-15(11-14)19(28)25-9-10-26-21(24-2)27-13-16-12-17(29-3)7-8-18(16)30-20(22)23;/h4-8,11-12,20H,9-10,13H2,1-3H3,(H,25,28)(H2,24,26,27);1H. The van der Waals surface area contributed by atoms with Crippen LogP contribution in [0.15, 0.2) is 47.5 Å². The number of halogens is 3. The quantitative estimate of drug-likeness (QED) is 0.194. The van der Waals surface area contributed by atoms with Gasteiger partial charge in [-0.1, -0.05) is 17.7 Å². The molecular formula is C21H27F2IN4O3. The van der Waals surface area contributed by atoms with Crippen LogP contribution in [0.4, 0.5) is 8.78 Å².